The van der Waals surface area contributed by atoms with Crippen LogP contribution in [0.2, 0.25) is 0 Å². The molecule has 196 valence electrons. The number of nitro groups is 1. The quantitative estimate of drug-likeness (QED) is 0.147. The number of carbonyl (C=O) groups is 2. The Labute approximate surface area is 220 Å². The molecule has 1 N–H and O–H groups in total. The van der Waals surface area contributed by atoms with Gasteiger partial charge in [-0.3, -0.25) is 19.7 Å². The molecule has 0 aromatic heterocycles. The fourth-order valence-electron chi connectivity index (χ4n) is 4.39. The highest BCUT2D eigenvalue weighted by Crippen LogP contribution is 2.40. The summed E-state index contributed by atoms with van der Waals surface area (Å²) in [6, 6.07) is 19.6. The monoisotopic (exact) mass is 515 g/mol. The van der Waals surface area contributed by atoms with Crippen molar-refractivity contribution < 1.29 is 24.4 Å². The summed E-state index contributed by atoms with van der Waals surface area (Å²) < 4.78 is 5.93. The molecule has 0 saturated carbocycles. The summed E-state index contributed by atoms with van der Waals surface area (Å²) in [6.45, 7) is 2.94. The van der Waals surface area contributed by atoms with Crippen LogP contribution in [-0.4, -0.2) is 58.7 Å². The molecule has 4 rings (SSSR count). The van der Waals surface area contributed by atoms with E-state index in [1.807, 2.05) is 56.3 Å². The van der Waals surface area contributed by atoms with Gasteiger partial charge in [-0.2, -0.15) is 0 Å². The Hall–Kier alpha value is -4.50. The minimum atomic E-state index is -0.884. The van der Waals surface area contributed by atoms with Crippen molar-refractivity contribution in [2.75, 3.05) is 27.2 Å². The van der Waals surface area contributed by atoms with Gasteiger partial charge in [0.1, 0.15) is 18.1 Å². The van der Waals surface area contributed by atoms with E-state index in [-0.39, 0.29) is 23.6 Å². The van der Waals surface area contributed by atoms with Gasteiger partial charge in [-0.1, -0.05) is 30.3 Å². The van der Waals surface area contributed by atoms with Gasteiger partial charge < -0.3 is 19.6 Å². The molecule has 0 radical (unpaired) electrons. The predicted octanol–water partition coefficient (Wildman–Crippen LogP) is 4.47. The van der Waals surface area contributed by atoms with E-state index in [1.54, 1.807) is 18.2 Å². The van der Waals surface area contributed by atoms with Crippen LogP contribution >= 0.6 is 0 Å². The summed E-state index contributed by atoms with van der Waals surface area (Å²) in [5, 5.41) is 22.5. The molecule has 1 aliphatic heterocycles. The van der Waals surface area contributed by atoms with Gasteiger partial charge in [0, 0.05) is 30.8 Å². The second kappa shape index (κ2) is 11.3. The van der Waals surface area contributed by atoms with Gasteiger partial charge in [0.05, 0.1) is 16.5 Å². The van der Waals surface area contributed by atoms with E-state index < -0.39 is 22.7 Å². The molecule has 3 aromatic rings. The maximum atomic E-state index is 13.2. The van der Waals surface area contributed by atoms with Crippen LogP contribution in [0.1, 0.15) is 28.3 Å². The molecule has 3 aromatic carbocycles. The minimum Gasteiger partial charge on any atom is -0.507 e. The minimum absolute atomic E-state index is 0.0556. The zero-order chi connectivity index (χ0) is 27.4. The lowest BCUT2D eigenvalue weighted by Crippen LogP contribution is -2.35. The molecule has 1 aliphatic rings. The van der Waals surface area contributed by atoms with Crippen molar-refractivity contribution in [3.8, 4) is 5.75 Å². The number of hydrogen-bond donors (Lipinski definition) is 1. The Morgan fingerprint density at radius 1 is 1.05 bits per heavy atom. The van der Waals surface area contributed by atoms with Crippen molar-refractivity contribution in [3.05, 3.63) is 111 Å². The SMILES string of the molecule is Cc1cc(/C(O)=C2\C(=O)C(=O)N(CCN(C)C)[C@@H]2c2ccc([N+](=O)[O-])cc2)ccc1OCc1ccccc1. The second-order valence-corrected chi connectivity index (χ2v) is 9.40. The summed E-state index contributed by atoms with van der Waals surface area (Å²) in [5.41, 5.74) is 2.46. The highest BCUT2D eigenvalue weighted by molar-refractivity contribution is 6.46. The molecule has 38 heavy (non-hydrogen) atoms. The topological polar surface area (TPSA) is 113 Å². The van der Waals surface area contributed by atoms with Crippen molar-refractivity contribution in [1.29, 1.82) is 0 Å². The van der Waals surface area contributed by atoms with Crippen molar-refractivity contribution >= 4 is 23.1 Å². The van der Waals surface area contributed by atoms with Crippen molar-refractivity contribution in [2.45, 2.75) is 19.6 Å². The number of nitro benzene ring substituents is 1. The van der Waals surface area contributed by atoms with E-state index >= 15 is 0 Å². The number of ketones is 1. The largest absolute Gasteiger partial charge is 0.507 e. The zero-order valence-corrected chi connectivity index (χ0v) is 21.5. The Morgan fingerprint density at radius 2 is 1.74 bits per heavy atom. The third-order valence-electron chi connectivity index (χ3n) is 6.43. The molecule has 9 heteroatoms. The van der Waals surface area contributed by atoms with Crippen LogP contribution in [0.3, 0.4) is 0 Å². The third kappa shape index (κ3) is 5.57. The van der Waals surface area contributed by atoms with Crippen LogP contribution < -0.4 is 4.74 Å². The first-order valence-electron chi connectivity index (χ1n) is 12.1. The normalized spacial score (nSPS) is 16.7. The summed E-state index contributed by atoms with van der Waals surface area (Å²) in [6.07, 6.45) is 0. The molecule has 1 saturated heterocycles. The van der Waals surface area contributed by atoms with E-state index in [9.17, 15) is 24.8 Å². The molecule has 1 atom stereocenters. The molecule has 0 unspecified atom stereocenters. The lowest BCUT2D eigenvalue weighted by Gasteiger charge is -2.26. The van der Waals surface area contributed by atoms with Crippen molar-refractivity contribution in [3.63, 3.8) is 0 Å². The number of aliphatic hydroxyl groups excluding tert-OH is 1. The first-order chi connectivity index (χ1) is 18.2. The molecule has 0 bridgehead atoms. The Balaban J connectivity index is 1.71. The molecule has 0 spiro atoms. The van der Waals surface area contributed by atoms with Gasteiger partial charge in [-0.05, 0) is 68.0 Å². The number of ether oxygens (including phenoxy) is 1. The van der Waals surface area contributed by atoms with E-state index in [0.29, 0.717) is 30.0 Å². The van der Waals surface area contributed by atoms with E-state index in [4.69, 9.17) is 4.74 Å². The summed E-state index contributed by atoms with van der Waals surface area (Å²) in [7, 11) is 3.70. The van der Waals surface area contributed by atoms with Crippen LogP contribution in [0, 0.1) is 17.0 Å². The molecule has 1 amide bonds. The Morgan fingerprint density at radius 3 is 2.34 bits per heavy atom. The van der Waals surface area contributed by atoms with Gasteiger partial charge in [-0.25, -0.2) is 0 Å². The predicted molar refractivity (Wildman–Crippen MR) is 143 cm³/mol. The fraction of sp³-hybridized carbons (Fsp3) is 0.241. The number of rotatable bonds is 9. The maximum absolute atomic E-state index is 13.2. The third-order valence-corrected chi connectivity index (χ3v) is 6.43. The number of benzene rings is 3. The summed E-state index contributed by atoms with van der Waals surface area (Å²) >= 11 is 0. The van der Waals surface area contributed by atoms with Gasteiger partial charge in [0.25, 0.3) is 17.4 Å². The van der Waals surface area contributed by atoms with E-state index in [0.717, 1.165) is 11.1 Å². The maximum Gasteiger partial charge on any atom is 0.295 e. The van der Waals surface area contributed by atoms with E-state index in [2.05, 4.69) is 0 Å². The second-order valence-electron chi connectivity index (χ2n) is 9.40. The summed E-state index contributed by atoms with van der Waals surface area (Å²) in [5.74, 6) is -1.21. The van der Waals surface area contributed by atoms with Crippen LogP contribution in [0.25, 0.3) is 5.76 Å². The molecular formula is C29H29N3O6. The highest BCUT2D eigenvalue weighted by Gasteiger charge is 2.46. The molecule has 9 nitrogen and oxygen atoms in total. The van der Waals surface area contributed by atoms with Crippen LogP contribution in [0.5, 0.6) is 5.75 Å². The van der Waals surface area contributed by atoms with Crippen LogP contribution in [0.4, 0.5) is 5.69 Å². The average Bonchev–Trinajstić information content (AvgIpc) is 3.16. The fourth-order valence-corrected chi connectivity index (χ4v) is 4.39. The van der Waals surface area contributed by atoms with Gasteiger partial charge >= 0.3 is 0 Å². The lowest BCUT2D eigenvalue weighted by atomic mass is 9.94. The zero-order valence-electron chi connectivity index (χ0n) is 21.5. The van der Waals surface area contributed by atoms with Crippen molar-refractivity contribution in [2.24, 2.45) is 0 Å². The molecule has 0 aliphatic carbocycles. The number of hydrogen-bond acceptors (Lipinski definition) is 7. The molecular weight excluding hydrogens is 486 g/mol. The first kappa shape index (κ1) is 26.6. The first-order valence-corrected chi connectivity index (χ1v) is 12.1. The van der Waals surface area contributed by atoms with Gasteiger partial charge in [0.15, 0.2) is 0 Å². The van der Waals surface area contributed by atoms with Crippen LogP contribution in [0.15, 0.2) is 78.4 Å². The number of likely N-dealkylation sites (tertiary alicyclic amines) is 1. The number of aliphatic hydroxyl groups is 1. The Bertz CT molecular complexity index is 1380. The van der Waals surface area contributed by atoms with E-state index in [1.165, 1.54) is 29.2 Å². The standard InChI is InChI=1S/C29H29N3O6/c1-19-17-22(11-14-24(19)38-18-20-7-5-4-6-8-20)27(33)25-26(21-9-12-23(13-10-21)32(36)37)31(16-15-30(2)3)29(35)28(25)34/h4-14,17,26,33H,15-16,18H2,1-3H3/b27-25+/t26-/m1/s1. The number of likely N-dealkylation sites (N-methyl/N-ethyl adjacent to an activating group) is 1. The van der Waals surface area contributed by atoms with Crippen molar-refractivity contribution in [1.82, 2.24) is 9.80 Å². The lowest BCUT2D eigenvalue weighted by molar-refractivity contribution is -0.384. The molecule has 1 heterocycles. The number of amides is 1. The summed E-state index contributed by atoms with van der Waals surface area (Å²) in [4.78, 5) is 40.1. The smallest absolute Gasteiger partial charge is 0.295 e. The number of non-ortho nitro benzene ring substituents is 1. The highest BCUT2D eigenvalue weighted by atomic mass is 16.6. The average molecular weight is 516 g/mol. The molecule has 1 fully saturated rings. The number of Topliss-reactive ketones (excluding diaryl/α,β-unsaturated/α-hetero) is 1. The number of carbonyl (C=O) groups excluding carboxylic acids is 2. The van der Waals surface area contributed by atoms with Gasteiger partial charge in [0.2, 0.25) is 0 Å². The number of nitrogens with zero attached hydrogens (tertiary/aromatic N) is 3. The number of aryl methyl sites for hydroxylation is 1. The van der Waals surface area contributed by atoms with Gasteiger partial charge in [-0.15, -0.1) is 0 Å². The Kier molecular flexibility index (Phi) is 7.87. The van der Waals surface area contributed by atoms with Crippen LogP contribution in [-0.2, 0) is 16.2 Å².